The summed E-state index contributed by atoms with van der Waals surface area (Å²) in [5.74, 6) is 0.673. The first-order valence-corrected chi connectivity index (χ1v) is 3.83. The molecule has 0 bridgehead atoms. The van der Waals surface area contributed by atoms with Gasteiger partial charge in [0, 0.05) is 19.7 Å². The molecule has 1 atom stereocenters. The fourth-order valence-electron chi connectivity index (χ4n) is 1.13. The smallest absolute Gasteiger partial charge is 0.0555 e. The molecule has 0 saturated carbocycles. The minimum atomic E-state index is 0.230. The Kier molecular flexibility index (Phi) is 3.72. The van der Waals surface area contributed by atoms with Crippen molar-refractivity contribution < 1.29 is 9.84 Å². The zero-order valence-electron chi connectivity index (χ0n) is 6.18. The summed E-state index contributed by atoms with van der Waals surface area (Å²) in [4.78, 5) is 0. The fraction of sp³-hybridized carbons (Fsp3) is 1.00. The molecule has 1 aliphatic heterocycles. The second kappa shape index (κ2) is 4.66. The predicted molar refractivity (Wildman–Crippen MR) is 38.9 cm³/mol. The summed E-state index contributed by atoms with van der Waals surface area (Å²) < 4.78 is 5.19. The van der Waals surface area contributed by atoms with E-state index in [1.54, 1.807) is 0 Å². The molecular formula is C7H15NO2. The van der Waals surface area contributed by atoms with Gasteiger partial charge in [-0.05, 0) is 12.3 Å². The van der Waals surface area contributed by atoms with Crippen molar-refractivity contribution in [2.45, 2.75) is 6.42 Å². The molecule has 0 aromatic rings. The molecule has 1 aliphatic rings. The maximum atomic E-state index is 8.45. The Morgan fingerprint density at radius 3 is 3.10 bits per heavy atom. The van der Waals surface area contributed by atoms with Gasteiger partial charge < -0.3 is 15.2 Å². The van der Waals surface area contributed by atoms with Crippen LogP contribution in [0.5, 0.6) is 0 Å². The second-order valence-electron chi connectivity index (χ2n) is 2.66. The molecule has 1 unspecified atom stereocenters. The van der Waals surface area contributed by atoms with Gasteiger partial charge in [0.15, 0.2) is 0 Å². The predicted octanol–water partition coefficient (Wildman–Crippen LogP) is -0.395. The van der Waals surface area contributed by atoms with E-state index < -0.39 is 0 Å². The van der Waals surface area contributed by atoms with Crippen LogP contribution in [0.15, 0.2) is 0 Å². The van der Waals surface area contributed by atoms with Gasteiger partial charge in [-0.15, -0.1) is 0 Å². The zero-order chi connectivity index (χ0) is 7.23. The number of aliphatic hydroxyl groups excluding tert-OH is 1. The van der Waals surface area contributed by atoms with Gasteiger partial charge in [-0.1, -0.05) is 0 Å². The summed E-state index contributed by atoms with van der Waals surface area (Å²) in [5, 5.41) is 11.6. The van der Waals surface area contributed by atoms with Crippen LogP contribution in [0.1, 0.15) is 6.42 Å². The first-order chi connectivity index (χ1) is 4.93. The number of ether oxygens (including phenoxy) is 1. The van der Waals surface area contributed by atoms with E-state index in [0.29, 0.717) is 12.5 Å². The van der Waals surface area contributed by atoms with E-state index in [4.69, 9.17) is 9.84 Å². The lowest BCUT2D eigenvalue weighted by molar-refractivity contribution is 0.184. The van der Waals surface area contributed by atoms with E-state index >= 15 is 0 Å². The van der Waals surface area contributed by atoms with Crippen molar-refractivity contribution >= 4 is 0 Å². The van der Waals surface area contributed by atoms with E-state index in [0.717, 1.165) is 19.8 Å². The fourth-order valence-corrected chi connectivity index (χ4v) is 1.13. The van der Waals surface area contributed by atoms with Crippen molar-refractivity contribution in [2.75, 3.05) is 32.9 Å². The summed E-state index contributed by atoms with van der Waals surface area (Å²) >= 11 is 0. The highest BCUT2D eigenvalue weighted by Crippen LogP contribution is 2.09. The molecule has 2 N–H and O–H groups in total. The molecule has 1 fully saturated rings. The van der Waals surface area contributed by atoms with Crippen molar-refractivity contribution in [1.82, 2.24) is 5.32 Å². The van der Waals surface area contributed by atoms with Crippen LogP contribution in [-0.2, 0) is 4.74 Å². The lowest BCUT2D eigenvalue weighted by Crippen LogP contribution is -2.25. The average Bonchev–Trinajstić information content (AvgIpc) is 2.41. The van der Waals surface area contributed by atoms with Crippen molar-refractivity contribution in [2.24, 2.45) is 5.92 Å². The van der Waals surface area contributed by atoms with Gasteiger partial charge in [-0.3, -0.25) is 0 Å². The third kappa shape index (κ3) is 2.64. The number of rotatable bonds is 4. The molecule has 0 aromatic carbocycles. The number of hydrogen-bond acceptors (Lipinski definition) is 3. The van der Waals surface area contributed by atoms with Crippen LogP contribution in [0, 0.1) is 5.92 Å². The van der Waals surface area contributed by atoms with Crippen LogP contribution >= 0.6 is 0 Å². The quantitative estimate of drug-likeness (QED) is 0.529. The maximum absolute atomic E-state index is 8.45. The van der Waals surface area contributed by atoms with Gasteiger partial charge in [0.2, 0.25) is 0 Å². The minimum Gasteiger partial charge on any atom is -0.395 e. The molecule has 0 aromatic heterocycles. The highest BCUT2D eigenvalue weighted by Gasteiger charge is 2.13. The SMILES string of the molecule is OCCNCC1CCOC1. The lowest BCUT2D eigenvalue weighted by atomic mass is 10.1. The van der Waals surface area contributed by atoms with Gasteiger partial charge in [0.25, 0.3) is 0 Å². The highest BCUT2D eigenvalue weighted by atomic mass is 16.5. The molecule has 1 rings (SSSR count). The number of aliphatic hydroxyl groups is 1. The molecular weight excluding hydrogens is 130 g/mol. The molecule has 0 amide bonds. The van der Waals surface area contributed by atoms with Crippen molar-refractivity contribution in [3.8, 4) is 0 Å². The van der Waals surface area contributed by atoms with Gasteiger partial charge >= 0.3 is 0 Å². The monoisotopic (exact) mass is 145 g/mol. The lowest BCUT2D eigenvalue weighted by Gasteiger charge is -2.06. The molecule has 10 heavy (non-hydrogen) atoms. The Hall–Kier alpha value is -0.120. The zero-order valence-corrected chi connectivity index (χ0v) is 6.18. The maximum Gasteiger partial charge on any atom is 0.0555 e. The standard InChI is InChI=1S/C7H15NO2/c9-3-2-8-5-7-1-4-10-6-7/h7-9H,1-6H2. The first kappa shape index (κ1) is 7.98. The topological polar surface area (TPSA) is 41.5 Å². The van der Waals surface area contributed by atoms with Gasteiger partial charge in [-0.25, -0.2) is 0 Å². The highest BCUT2D eigenvalue weighted by molar-refractivity contribution is 4.66. The molecule has 3 heteroatoms. The van der Waals surface area contributed by atoms with E-state index in [2.05, 4.69) is 5.32 Å². The summed E-state index contributed by atoms with van der Waals surface area (Å²) in [7, 11) is 0. The number of hydrogen-bond donors (Lipinski definition) is 2. The van der Waals surface area contributed by atoms with E-state index in [1.807, 2.05) is 0 Å². The van der Waals surface area contributed by atoms with Crippen LogP contribution in [0.4, 0.5) is 0 Å². The Bertz CT molecular complexity index is 81.7. The molecule has 1 heterocycles. The van der Waals surface area contributed by atoms with Crippen LogP contribution in [-0.4, -0.2) is 38.0 Å². The van der Waals surface area contributed by atoms with E-state index in [-0.39, 0.29) is 6.61 Å². The molecule has 0 radical (unpaired) electrons. The summed E-state index contributed by atoms with van der Waals surface area (Å²) in [6.45, 7) is 3.72. The Balaban J connectivity index is 1.91. The van der Waals surface area contributed by atoms with Crippen LogP contribution in [0.25, 0.3) is 0 Å². The van der Waals surface area contributed by atoms with Crippen LogP contribution in [0.3, 0.4) is 0 Å². The van der Waals surface area contributed by atoms with E-state index in [9.17, 15) is 0 Å². The van der Waals surface area contributed by atoms with Gasteiger partial charge in [0.1, 0.15) is 0 Å². The third-order valence-corrected chi connectivity index (χ3v) is 1.75. The van der Waals surface area contributed by atoms with E-state index in [1.165, 1.54) is 6.42 Å². The second-order valence-corrected chi connectivity index (χ2v) is 2.66. The number of nitrogens with one attached hydrogen (secondary N) is 1. The summed E-state index contributed by atoms with van der Waals surface area (Å²) in [6, 6.07) is 0. The third-order valence-electron chi connectivity index (χ3n) is 1.75. The molecule has 3 nitrogen and oxygen atoms in total. The largest absolute Gasteiger partial charge is 0.395 e. The Labute approximate surface area is 61.4 Å². The van der Waals surface area contributed by atoms with Crippen molar-refractivity contribution in [3.63, 3.8) is 0 Å². The normalized spacial score (nSPS) is 25.5. The minimum absolute atomic E-state index is 0.230. The molecule has 0 aliphatic carbocycles. The summed E-state index contributed by atoms with van der Waals surface area (Å²) in [5.41, 5.74) is 0. The van der Waals surface area contributed by atoms with Gasteiger partial charge in [0.05, 0.1) is 13.2 Å². The van der Waals surface area contributed by atoms with Crippen molar-refractivity contribution in [3.05, 3.63) is 0 Å². The van der Waals surface area contributed by atoms with Gasteiger partial charge in [-0.2, -0.15) is 0 Å². The molecule has 60 valence electrons. The summed E-state index contributed by atoms with van der Waals surface area (Å²) in [6.07, 6.45) is 1.17. The average molecular weight is 145 g/mol. The Morgan fingerprint density at radius 2 is 2.50 bits per heavy atom. The van der Waals surface area contributed by atoms with Crippen LogP contribution in [0.2, 0.25) is 0 Å². The van der Waals surface area contributed by atoms with Crippen LogP contribution < -0.4 is 5.32 Å². The molecule has 1 saturated heterocycles. The molecule has 0 spiro atoms. The Morgan fingerprint density at radius 1 is 1.60 bits per heavy atom. The van der Waals surface area contributed by atoms with Crippen molar-refractivity contribution in [1.29, 1.82) is 0 Å². The first-order valence-electron chi connectivity index (χ1n) is 3.83.